The Labute approximate surface area is 278 Å². The van der Waals surface area contributed by atoms with Gasteiger partial charge >= 0.3 is 6.18 Å². The van der Waals surface area contributed by atoms with E-state index in [-0.39, 0.29) is 47.4 Å². The number of aliphatic hydroxyl groups is 2. The SMILES string of the molecule is CC(C)(O)CNC(=O)[C@@]1(C)COc2c1cc([C@@](O)(CNC(=O)c1cc(OC3CC3)c3ncccc3c1)C(F)(F)F)nc2-c1ccc(F)cc1. The zero-order chi connectivity index (χ0) is 35.4. The fourth-order valence-electron chi connectivity index (χ4n) is 5.47. The lowest BCUT2D eigenvalue weighted by Crippen LogP contribution is -2.52. The van der Waals surface area contributed by atoms with E-state index < -0.39 is 52.7 Å². The molecule has 2 aliphatic rings. The van der Waals surface area contributed by atoms with Crippen molar-refractivity contribution >= 4 is 22.7 Å². The summed E-state index contributed by atoms with van der Waals surface area (Å²) in [4.78, 5) is 35.3. The summed E-state index contributed by atoms with van der Waals surface area (Å²) in [6.07, 6.45) is -2.23. The first-order chi connectivity index (χ1) is 23.0. The second-order valence-corrected chi connectivity index (χ2v) is 13.3. The summed E-state index contributed by atoms with van der Waals surface area (Å²) in [6, 6.07) is 11.8. The van der Waals surface area contributed by atoms with Crippen LogP contribution in [0.15, 0.2) is 60.8 Å². The summed E-state index contributed by atoms with van der Waals surface area (Å²) in [5, 5.41) is 26.9. The van der Waals surface area contributed by atoms with Crippen molar-refractivity contribution in [3.05, 3.63) is 83.4 Å². The highest BCUT2D eigenvalue weighted by Gasteiger charge is 2.58. The van der Waals surface area contributed by atoms with Crippen molar-refractivity contribution in [2.24, 2.45) is 0 Å². The van der Waals surface area contributed by atoms with E-state index in [1.807, 2.05) is 0 Å². The lowest BCUT2D eigenvalue weighted by Gasteiger charge is -2.32. The van der Waals surface area contributed by atoms with Gasteiger partial charge < -0.3 is 30.3 Å². The maximum Gasteiger partial charge on any atom is 0.424 e. The minimum atomic E-state index is -5.38. The molecule has 2 amide bonds. The number of hydrogen-bond acceptors (Lipinski definition) is 8. The highest BCUT2D eigenvalue weighted by molar-refractivity contribution is 6.00. The molecule has 2 aromatic carbocycles. The van der Waals surface area contributed by atoms with Gasteiger partial charge in [0.25, 0.3) is 5.91 Å². The predicted octanol–water partition coefficient (Wildman–Crippen LogP) is 4.69. The molecule has 14 heteroatoms. The zero-order valence-corrected chi connectivity index (χ0v) is 26.8. The lowest BCUT2D eigenvalue weighted by atomic mass is 9.81. The molecule has 6 rings (SSSR count). The average molecular weight is 683 g/mol. The molecule has 0 radical (unpaired) electrons. The number of hydrogen-bond donors (Lipinski definition) is 4. The largest absolute Gasteiger partial charge is 0.489 e. The third-order valence-electron chi connectivity index (χ3n) is 8.52. The first kappa shape index (κ1) is 34.1. The number of nitrogens with one attached hydrogen (secondary N) is 2. The molecular formula is C35H34F4N4O6. The van der Waals surface area contributed by atoms with Crippen LogP contribution in [0.1, 0.15) is 55.2 Å². The molecule has 2 atom stereocenters. The Bertz CT molecular complexity index is 1930. The van der Waals surface area contributed by atoms with Crippen LogP contribution in [0.2, 0.25) is 0 Å². The Balaban J connectivity index is 1.40. The fourth-order valence-corrected chi connectivity index (χ4v) is 5.47. The van der Waals surface area contributed by atoms with Gasteiger partial charge in [0.1, 0.15) is 40.5 Å². The quantitative estimate of drug-likeness (QED) is 0.177. The van der Waals surface area contributed by atoms with E-state index in [2.05, 4.69) is 20.6 Å². The topological polar surface area (TPSA) is 143 Å². The molecule has 4 aromatic rings. The molecule has 1 aliphatic heterocycles. The zero-order valence-electron chi connectivity index (χ0n) is 26.8. The number of rotatable bonds is 10. The van der Waals surface area contributed by atoms with Crippen LogP contribution in [-0.4, -0.2) is 69.6 Å². The molecule has 49 heavy (non-hydrogen) atoms. The summed E-state index contributed by atoms with van der Waals surface area (Å²) in [6.45, 7) is 2.56. The molecule has 1 fully saturated rings. The number of benzene rings is 2. The van der Waals surface area contributed by atoms with Crippen LogP contribution in [-0.2, 0) is 15.8 Å². The number of halogens is 4. The van der Waals surface area contributed by atoms with E-state index in [0.29, 0.717) is 16.7 Å². The van der Waals surface area contributed by atoms with Gasteiger partial charge in [-0.25, -0.2) is 9.37 Å². The number of carbonyl (C=O) groups excluding carboxylic acids is 2. The summed E-state index contributed by atoms with van der Waals surface area (Å²) in [7, 11) is 0. The van der Waals surface area contributed by atoms with Gasteiger partial charge in [-0.3, -0.25) is 14.6 Å². The smallest absolute Gasteiger partial charge is 0.424 e. The Morgan fingerprint density at radius 2 is 1.76 bits per heavy atom. The van der Waals surface area contributed by atoms with Gasteiger partial charge in [0, 0.05) is 34.8 Å². The molecule has 2 aromatic heterocycles. The van der Waals surface area contributed by atoms with Crippen molar-refractivity contribution in [2.45, 2.75) is 62.5 Å². The monoisotopic (exact) mass is 682 g/mol. The molecular weight excluding hydrogens is 648 g/mol. The van der Waals surface area contributed by atoms with E-state index in [1.165, 1.54) is 45.0 Å². The maximum absolute atomic E-state index is 15.0. The number of ether oxygens (including phenoxy) is 2. The van der Waals surface area contributed by atoms with Gasteiger partial charge in [0.05, 0.1) is 23.9 Å². The minimum Gasteiger partial charge on any atom is -0.489 e. The molecule has 10 nitrogen and oxygen atoms in total. The molecule has 0 saturated heterocycles. The van der Waals surface area contributed by atoms with Crippen LogP contribution >= 0.6 is 0 Å². The summed E-state index contributed by atoms with van der Waals surface area (Å²) < 4.78 is 70.4. The van der Waals surface area contributed by atoms with Crippen molar-refractivity contribution in [2.75, 3.05) is 19.7 Å². The summed E-state index contributed by atoms with van der Waals surface area (Å²) in [5.41, 5.74) is -7.13. The second-order valence-electron chi connectivity index (χ2n) is 13.3. The van der Waals surface area contributed by atoms with Crippen LogP contribution in [0.25, 0.3) is 22.2 Å². The molecule has 4 N–H and O–H groups in total. The molecule has 1 saturated carbocycles. The van der Waals surface area contributed by atoms with Crippen molar-refractivity contribution < 1.29 is 46.8 Å². The van der Waals surface area contributed by atoms with Crippen molar-refractivity contribution in [3.8, 4) is 22.8 Å². The van der Waals surface area contributed by atoms with Crippen LogP contribution in [0.5, 0.6) is 11.5 Å². The molecule has 0 spiro atoms. The Kier molecular flexibility index (Phi) is 8.52. The van der Waals surface area contributed by atoms with Gasteiger partial charge in [-0.2, -0.15) is 13.2 Å². The molecule has 0 unspecified atom stereocenters. The van der Waals surface area contributed by atoms with Crippen molar-refractivity contribution in [3.63, 3.8) is 0 Å². The normalized spacial score (nSPS) is 18.7. The Hall–Kier alpha value is -4.82. The van der Waals surface area contributed by atoms with E-state index >= 15 is 0 Å². The summed E-state index contributed by atoms with van der Waals surface area (Å²) in [5.74, 6) is -1.92. The molecule has 0 bridgehead atoms. The van der Waals surface area contributed by atoms with E-state index in [1.54, 1.807) is 18.3 Å². The number of alkyl halides is 3. The standard InChI is InChI=1S/C35H34F4N4O6/c1-32(2,46)16-42-31(45)33(3)18-48-29-24(33)15-26(43-28(29)19-6-8-22(36)9-7-19)34(47,35(37,38)39)17-41-30(44)21-13-20-5-4-12-40-27(20)25(14-21)49-23-10-11-23/h4-9,12-15,23,46-47H,10-11,16-18H2,1-3H3,(H,41,44)(H,42,45)/t33-,34-/m0/s1. The van der Waals surface area contributed by atoms with E-state index in [4.69, 9.17) is 9.47 Å². The van der Waals surface area contributed by atoms with Crippen molar-refractivity contribution in [1.29, 1.82) is 0 Å². The number of carbonyl (C=O) groups is 2. The molecule has 258 valence electrons. The third-order valence-corrected chi connectivity index (χ3v) is 8.52. The van der Waals surface area contributed by atoms with Crippen LogP contribution in [0, 0.1) is 5.82 Å². The van der Waals surface area contributed by atoms with Gasteiger partial charge in [-0.1, -0.05) is 6.07 Å². The van der Waals surface area contributed by atoms with Gasteiger partial charge in [0.15, 0.2) is 0 Å². The average Bonchev–Trinajstić information content (AvgIpc) is 3.81. The number of aromatic nitrogens is 2. The minimum absolute atomic E-state index is 0.0148. The molecule has 1 aliphatic carbocycles. The predicted molar refractivity (Wildman–Crippen MR) is 169 cm³/mol. The Morgan fingerprint density at radius 1 is 1.04 bits per heavy atom. The number of amides is 2. The second kappa shape index (κ2) is 12.3. The van der Waals surface area contributed by atoms with Gasteiger partial charge in [0.2, 0.25) is 11.5 Å². The van der Waals surface area contributed by atoms with Crippen LogP contribution in [0.4, 0.5) is 17.6 Å². The number of pyridine rings is 2. The molecule has 3 heterocycles. The van der Waals surface area contributed by atoms with Crippen LogP contribution < -0.4 is 20.1 Å². The van der Waals surface area contributed by atoms with Gasteiger partial charge in [-0.15, -0.1) is 0 Å². The lowest BCUT2D eigenvalue weighted by molar-refractivity contribution is -0.265. The van der Waals surface area contributed by atoms with E-state index in [9.17, 15) is 37.4 Å². The van der Waals surface area contributed by atoms with Crippen LogP contribution in [0.3, 0.4) is 0 Å². The third kappa shape index (κ3) is 6.75. The highest BCUT2D eigenvalue weighted by Crippen LogP contribution is 2.48. The number of nitrogens with zero attached hydrogens (tertiary/aromatic N) is 2. The maximum atomic E-state index is 15.0. The van der Waals surface area contributed by atoms with Gasteiger partial charge in [-0.05, 0) is 82.1 Å². The fraction of sp³-hybridized carbons (Fsp3) is 0.371. The Morgan fingerprint density at radius 3 is 2.41 bits per heavy atom. The first-order valence-corrected chi connectivity index (χ1v) is 15.6. The highest BCUT2D eigenvalue weighted by atomic mass is 19.4. The van der Waals surface area contributed by atoms with E-state index in [0.717, 1.165) is 31.0 Å². The van der Waals surface area contributed by atoms with Crippen molar-refractivity contribution in [1.82, 2.24) is 20.6 Å². The summed E-state index contributed by atoms with van der Waals surface area (Å²) >= 11 is 0. The number of fused-ring (bicyclic) bond motifs is 2. The first-order valence-electron chi connectivity index (χ1n) is 15.6.